The molecule has 1 N–H and O–H groups in total. The van der Waals surface area contributed by atoms with Crippen LogP contribution in [-0.4, -0.2) is 46.3 Å². The Balaban J connectivity index is 1.20. The third-order valence-electron chi connectivity index (χ3n) is 5.16. The topological polar surface area (TPSA) is 116 Å². The van der Waals surface area contributed by atoms with Gasteiger partial charge in [0.15, 0.2) is 0 Å². The van der Waals surface area contributed by atoms with Gasteiger partial charge in [0.05, 0.1) is 6.54 Å². The van der Waals surface area contributed by atoms with Gasteiger partial charge in [-0.2, -0.15) is 9.59 Å². The van der Waals surface area contributed by atoms with Crippen LogP contribution in [0.4, 0.5) is 5.69 Å². The van der Waals surface area contributed by atoms with Crippen molar-refractivity contribution < 1.29 is 4.79 Å². The molecule has 2 heterocycles. The van der Waals surface area contributed by atoms with E-state index in [0.29, 0.717) is 23.2 Å². The Hall–Kier alpha value is -4.44. The molecule has 0 spiro atoms. The molecule has 0 aliphatic carbocycles. The number of carbonyl (C=O) groups excluding carboxylic acids is 1. The molecular formula is C24H20ClN9O. The zero-order valence-corrected chi connectivity index (χ0v) is 19.5. The summed E-state index contributed by atoms with van der Waals surface area (Å²) in [5, 5.41) is 28.5. The molecule has 0 radical (unpaired) electrons. The number of benzene rings is 3. The fourth-order valence-corrected chi connectivity index (χ4v) is 3.46. The molecule has 0 saturated carbocycles. The molecule has 0 saturated heterocycles. The van der Waals surface area contributed by atoms with E-state index in [0.717, 1.165) is 27.9 Å². The van der Waals surface area contributed by atoms with E-state index in [2.05, 4.69) is 36.1 Å². The van der Waals surface area contributed by atoms with Gasteiger partial charge < -0.3 is 5.32 Å². The number of aryl methyl sites for hydroxylation is 1. The van der Waals surface area contributed by atoms with Gasteiger partial charge in [-0.1, -0.05) is 53.6 Å². The van der Waals surface area contributed by atoms with Gasteiger partial charge in [-0.25, -0.2) is 0 Å². The normalized spacial score (nSPS) is 10.9. The number of amides is 1. The van der Waals surface area contributed by atoms with Crippen LogP contribution < -0.4 is 5.32 Å². The number of hydrogen-bond acceptors (Lipinski definition) is 7. The highest BCUT2D eigenvalue weighted by molar-refractivity contribution is 6.30. The van der Waals surface area contributed by atoms with E-state index in [-0.39, 0.29) is 12.5 Å². The van der Waals surface area contributed by atoms with Crippen LogP contribution in [0.5, 0.6) is 0 Å². The highest BCUT2D eigenvalue weighted by Crippen LogP contribution is 2.18. The molecule has 0 aliphatic rings. The number of anilines is 1. The number of nitrogens with one attached hydrogen (secondary N) is 1. The Morgan fingerprint density at radius 2 is 1.37 bits per heavy atom. The van der Waals surface area contributed by atoms with Gasteiger partial charge in [-0.3, -0.25) is 4.79 Å². The lowest BCUT2D eigenvalue weighted by atomic mass is 10.1. The molecule has 0 fully saturated rings. The molecule has 1 amide bonds. The summed E-state index contributed by atoms with van der Waals surface area (Å²) >= 11 is 5.93. The van der Waals surface area contributed by atoms with Crippen molar-refractivity contribution in [3.63, 3.8) is 0 Å². The molecule has 11 heteroatoms. The van der Waals surface area contributed by atoms with Crippen LogP contribution in [0.3, 0.4) is 0 Å². The lowest BCUT2D eigenvalue weighted by molar-refractivity contribution is -0.117. The zero-order chi connectivity index (χ0) is 24.2. The molecule has 0 unspecified atom stereocenters. The van der Waals surface area contributed by atoms with Gasteiger partial charge in [0.1, 0.15) is 6.54 Å². The molecule has 174 valence electrons. The van der Waals surface area contributed by atoms with Crippen molar-refractivity contribution in [3.05, 3.63) is 88.9 Å². The van der Waals surface area contributed by atoms with E-state index in [1.54, 1.807) is 12.1 Å². The number of tetrazole rings is 2. The first-order valence-corrected chi connectivity index (χ1v) is 11.2. The molecule has 3 aromatic carbocycles. The van der Waals surface area contributed by atoms with Gasteiger partial charge in [0.25, 0.3) is 0 Å². The molecule has 2 aromatic heterocycles. The second-order valence-electron chi connectivity index (χ2n) is 7.90. The standard InChI is InChI=1S/C24H20ClN9O/c1-16-2-12-21(13-3-16)26-22(35)15-34-30-23(28-32-34)18-6-4-17(5-7-18)14-33-29-24(27-31-33)19-8-10-20(25)11-9-19/h2-13H,14-15H2,1H3,(H,26,35). The number of halogens is 1. The van der Waals surface area contributed by atoms with Crippen molar-refractivity contribution >= 4 is 23.2 Å². The summed E-state index contributed by atoms with van der Waals surface area (Å²) in [5.74, 6) is 0.737. The first-order chi connectivity index (χ1) is 17.0. The third kappa shape index (κ3) is 5.56. The van der Waals surface area contributed by atoms with Crippen molar-refractivity contribution in [1.82, 2.24) is 40.4 Å². The predicted octanol–water partition coefficient (Wildman–Crippen LogP) is 3.64. The zero-order valence-electron chi connectivity index (χ0n) is 18.7. The maximum absolute atomic E-state index is 12.3. The van der Waals surface area contributed by atoms with E-state index in [9.17, 15) is 4.79 Å². The smallest absolute Gasteiger partial charge is 0.248 e. The summed E-state index contributed by atoms with van der Waals surface area (Å²) in [5.41, 5.74) is 4.46. The number of nitrogens with zero attached hydrogens (tertiary/aromatic N) is 8. The minimum absolute atomic E-state index is 0.0348. The lowest BCUT2D eigenvalue weighted by Crippen LogP contribution is -2.20. The maximum atomic E-state index is 12.3. The minimum atomic E-state index is -0.230. The molecular weight excluding hydrogens is 466 g/mol. The average molecular weight is 486 g/mol. The van der Waals surface area contributed by atoms with Gasteiger partial charge >= 0.3 is 0 Å². The van der Waals surface area contributed by atoms with Crippen LogP contribution in [0.15, 0.2) is 72.8 Å². The molecule has 0 aliphatic heterocycles. The van der Waals surface area contributed by atoms with Crippen LogP contribution in [0.2, 0.25) is 5.02 Å². The van der Waals surface area contributed by atoms with Gasteiger partial charge in [-0.05, 0) is 59.3 Å². The van der Waals surface area contributed by atoms with E-state index in [4.69, 9.17) is 11.6 Å². The van der Waals surface area contributed by atoms with Crippen LogP contribution in [0.25, 0.3) is 22.8 Å². The minimum Gasteiger partial charge on any atom is -0.324 e. The van der Waals surface area contributed by atoms with Crippen molar-refractivity contribution in [2.45, 2.75) is 20.0 Å². The molecule has 35 heavy (non-hydrogen) atoms. The molecule has 0 atom stereocenters. The second-order valence-corrected chi connectivity index (χ2v) is 8.34. The second kappa shape index (κ2) is 9.82. The Labute approximate surface area is 205 Å². The molecule has 10 nitrogen and oxygen atoms in total. The summed E-state index contributed by atoms with van der Waals surface area (Å²) in [6.07, 6.45) is 0. The monoisotopic (exact) mass is 485 g/mol. The Morgan fingerprint density at radius 1 is 0.800 bits per heavy atom. The van der Waals surface area contributed by atoms with Crippen molar-refractivity contribution in [2.75, 3.05) is 5.32 Å². The van der Waals surface area contributed by atoms with E-state index >= 15 is 0 Å². The van der Waals surface area contributed by atoms with Gasteiger partial charge in [0, 0.05) is 21.8 Å². The van der Waals surface area contributed by atoms with Crippen molar-refractivity contribution in [2.24, 2.45) is 0 Å². The maximum Gasteiger partial charge on any atom is 0.248 e. The first-order valence-electron chi connectivity index (χ1n) is 10.8. The highest BCUT2D eigenvalue weighted by Gasteiger charge is 2.11. The molecule has 0 bridgehead atoms. The van der Waals surface area contributed by atoms with Crippen molar-refractivity contribution in [1.29, 1.82) is 0 Å². The third-order valence-corrected chi connectivity index (χ3v) is 5.42. The highest BCUT2D eigenvalue weighted by atomic mass is 35.5. The summed E-state index contributed by atoms with van der Waals surface area (Å²) in [6.45, 7) is 2.41. The summed E-state index contributed by atoms with van der Waals surface area (Å²) in [6, 6.07) is 22.5. The van der Waals surface area contributed by atoms with Gasteiger partial charge in [0.2, 0.25) is 17.6 Å². The Kier molecular flexibility index (Phi) is 6.27. The Bertz CT molecular complexity index is 1440. The van der Waals surface area contributed by atoms with Crippen LogP contribution >= 0.6 is 11.6 Å². The lowest BCUT2D eigenvalue weighted by Gasteiger charge is -2.04. The number of aromatic nitrogens is 8. The fourth-order valence-electron chi connectivity index (χ4n) is 3.34. The largest absolute Gasteiger partial charge is 0.324 e. The quantitative estimate of drug-likeness (QED) is 0.374. The van der Waals surface area contributed by atoms with E-state index in [1.165, 1.54) is 9.59 Å². The summed E-state index contributed by atoms with van der Waals surface area (Å²) in [7, 11) is 0. The van der Waals surface area contributed by atoms with E-state index in [1.807, 2.05) is 67.6 Å². The number of hydrogen-bond donors (Lipinski definition) is 1. The van der Waals surface area contributed by atoms with Crippen LogP contribution in [-0.2, 0) is 17.9 Å². The number of rotatable bonds is 7. The Morgan fingerprint density at radius 3 is 2.03 bits per heavy atom. The average Bonchev–Trinajstić information content (AvgIpc) is 3.51. The summed E-state index contributed by atoms with van der Waals surface area (Å²) in [4.78, 5) is 15.1. The van der Waals surface area contributed by atoms with Crippen LogP contribution in [0, 0.1) is 6.92 Å². The van der Waals surface area contributed by atoms with E-state index < -0.39 is 0 Å². The predicted molar refractivity (Wildman–Crippen MR) is 130 cm³/mol. The van der Waals surface area contributed by atoms with Crippen molar-refractivity contribution in [3.8, 4) is 22.8 Å². The molecule has 5 rings (SSSR count). The SMILES string of the molecule is Cc1ccc(NC(=O)Cn2nnc(-c3ccc(Cn4nnc(-c5ccc(Cl)cc5)n4)cc3)n2)cc1. The van der Waals surface area contributed by atoms with Gasteiger partial charge in [-0.15, -0.1) is 20.4 Å². The summed E-state index contributed by atoms with van der Waals surface area (Å²) < 4.78 is 0. The fraction of sp³-hybridized carbons (Fsp3) is 0.125. The first kappa shape index (κ1) is 22.4. The number of carbonyl (C=O) groups is 1. The molecule has 5 aromatic rings. The van der Waals surface area contributed by atoms with Crippen LogP contribution in [0.1, 0.15) is 11.1 Å².